The first-order chi connectivity index (χ1) is 8.08. The third-order valence-corrected chi connectivity index (χ3v) is 2.71. The summed E-state index contributed by atoms with van der Waals surface area (Å²) in [7, 11) is 0. The lowest BCUT2D eigenvalue weighted by Gasteiger charge is -2.23. The predicted molar refractivity (Wildman–Crippen MR) is 72.4 cm³/mol. The highest BCUT2D eigenvalue weighted by atomic mass is 35.5. The van der Waals surface area contributed by atoms with E-state index in [1.807, 2.05) is 24.8 Å². The Balaban J connectivity index is 2.82. The van der Waals surface area contributed by atoms with Crippen molar-refractivity contribution in [2.24, 2.45) is 0 Å². The SMILES string of the molecule is CCNC(=O)CN(CC)c1ccc(N)cc1Cl. The van der Waals surface area contributed by atoms with Crippen LogP contribution in [0.3, 0.4) is 0 Å². The molecule has 0 saturated carbocycles. The molecular weight excluding hydrogens is 238 g/mol. The van der Waals surface area contributed by atoms with Crippen LogP contribution in [0.1, 0.15) is 13.8 Å². The van der Waals surface area contributed by atoms with E-state index >= 15 is 0 Å². The van der Waals surface area contributed by atoms with Crippen molar-refractivity contribution in [3.05, 3.63) is 23.2 Å². The Bertz CT molecular complexity index is 395. The van der Waals surface area contributed by atoms with Gasteiger partial charge in [0.25, 0.3) is 0 Å². The summed E-state index contributed by atoms with van der Waals surface area (Å²) in [6.45, 7) is 5.51. The van der Waals surface area contributed by atoms with Crippen LogP contribution in [-0.4, -0.2) is 25.5 Å². The van der Waals surface area contributed by atoms with Crippen LogP contribution < -0.4 is 16.0 Å². The second kappa shape index (κ2) is 6.35. The molecule has 1 aromatic carbocycles. The summed E-state index contributed by atoms with van der Waals surface area (Å²) in [5, 5.41) is 3.33. The fraction of sp³-hybridized carbons (Fsp3) is 0.417. The topological polar surface area (TPSA) is 58.4 Å². The summed E-state index contributed by atoms with van der Waals surface area (Å²) in [5.41, 5.74) is 7.08. The van der Waals surface area contributed by atoms with Crippen molar-refractivity contribution in [3.63, 3.8) is 0 Å². The molecule has 0 bridgehead atoms. The molecule has 0 spiro atoms. The number of nitrogens with two attached hydrogens (primary N) is 1. The standard InChI is InChI=1S/C12H18ClN3O/c1-3-15-12(17)8-16(4-2)11-6-5-9(14)7-10(11)13/h5-7H,3-4,8,14H2,1-2H3,(H,15,17). The van der Waals surface area contributed by atoms with E-state index in [1.165, 1.54) is 0 Å². The maximum Gasteiger partial charge on any atom is 0.239 e. The number of amides is 1. The van der Waals surface area contributed by atoms with Gasteiger partial charge in [-0.05, 0) is 32.0 Å². The molecule has 3 N–H and O–H groups in total. The maximum atomic E-state index is 11.5. The number of benzene rings is 1. The van der Waals surface area contributed by atoms with Crippen LogP contribution in [0.2, 0.25) is 5.02 Å². The Hall–Kier alpha value is -1.42. The van der Waals surface area contributed by atoms with Crippen LogP contribution in [0, 0.1) is 0 Å². The van der Waals surface area contributed by atoms with Crippen LogP contribution in [-0.2, 0) is 4.79 Å². The number of hydrogen-bond acceptors (Lipinski definition) is 3. The third kappa shape index (κ3) is 3.82. The molecule has 0 aliphatic heterocycles. The third-order valence-electron chi connectivity index (χ3n) is 2.40. The summed E-state index contributed by atoms with van der Waals surface area (Å²) < 4.78 is 0. The first-order valence-corrected chi connectivity index (χ1v) is 6.03. The van der Waals surface area contributed by atoms with Gasteiger partial charge in [0.1, 0.15) is 0 Å². The summed E-state index contributed by atoms with van der Waals surface area (Å²) in [6.07, 6.45) is 0. The molecule has 0 heterocycles. The molecule has 17 heavy (non-hydrogen) atoms. The molecule has 0 radical (unpaired) electrons. The van der Waals surface area contributed by atoms with Crippen molar-refractivity contribution in [1.29, 1.82) is 0 Å². The number of likely N-dealkylation sites (N-methyl/N-ethyl adjacent to an activating group) is 2. The van der Waals surface area contributed by atoms with E-state index in [0.29, 0.717) is 30.3 Å². The minimum atomic E-state index is -0.0118. The second-order valence-corrected chi connectivity index (χ2v) is 4.09. The Morgan fingerprint density at radius 1 is 1.47 bits per heavy atom. The molecule has 0 fully saturated rings. The van der Waals surface area contributed by atoms with Crippen molar-refractivity contribution < 1.29 is 4.79 Å². The quantitative estimate of drug-likeness (QED) is 0.790. The van der Waals surface area contributed by atoms with E-state index < -0.39 is 0 Å². The maximum absolute atomic E-state index is 11.5. The van der Waals surface area contributed by atoms with Gasteiger partial charge in [-0.1, -0.05) is 11.6 Å². The van der Waals surface area contributed by atoms with Crippen molar-refractivity contribution in [2.75, 3.05) is 30.3 Å². The van der Waals surface area contributed by atoms with Crippen molar-refractivity contribution in [1.82, 2.24) is 5.32 Å². The zero-order valence-corrected chi connectivity index (χ0v) is 10.9. The Morgan fingerprint density at radius 3 is 2.71 bits per heavy atom. The van der Waals surface area contributed by atoms with Crippen LogP contribution in [0.4, 0.5) is 11.4 Å². The second-order valence-electron chi connectivity index (χ2n) is 3.68. The van der Waals surface area contributed by atoms with Gasteiger partial charge in [0, 0.05) is 18.8 Å². The predicted octanol–water partition coefficient (Wildman–Crippen LogP) is 1.88. The van der Waals surface area contributed by atoms with E-state index in [-0.39, 0.29) is 5.91 Å². The number of carbonyl (C=O) groups is 1. The highest BCUT2D eigenvalue weighted by molar-refractivity contribution is 6.33. The average molecular weight is 256 g/mol. The molecule has 0 saturated heterocycles. The molecule has 94 valence electrons. The summed E-state index contributed by atoms with van der Waals surface area (Å²) in [5.74, 6) is -0.0118. The number of nitrogens with one attached hydrogen (secondary N) is 1. The first kappa shape index (κ1) is 13.6. The first-order valence-electron chi connectivity index (χ1n) is 5.65. The van der Waals surface area contributed by atoms with Crippen molar-refractivity contribution >= 4 is 28.9 Å². The largest absolute Gasteiger partial charge is 0.399 e. The lowest BCUT2D eigenvalue weighted by Crippen LogP contribution is -2.37. The van der Waals surface area contributed by atoms with Gasteiger partial charge in [-0.25, -0.2) is 0 Å². The van der Waals surface area contributed by atoms with E-state index in [1.54, 1.807) is 12.1 Å². The molecule has 1 amide bonds. The number of carbonyl (C=O) groups excluding carboxylic acids is 1. The van der Waals surface area contributed by atoms with Crippen LogP contribution >= 0.6 is 11.6 Å². The number of halogens is 1. The fourth-order valence-corrected chi connectivity index (χ4v) is 1.88. The van der Waals surface area contributed by atoms with Gasteiger partial charge < -0.3 is 16.0 Å². The molecule has 0 unspecified atom stereocenters. The van der Waals surface area contributed by atoms with Gasteiger partial charge in [0.2, 0.25) is 5.91 Å². The van der Waals surface area contributed by atoms with Crippen molar-refractivity contribution in [2.45, 2.75) is 13.8 Å². The molecule has 0 aromatic heterocycles. The number of rotatable bonds is 5. The summed E-state index contributed by atoms with van der Waals surface area (Å²) in [4.78, 5) is 13.5. The van der Waals surface area contributed by atoms with E-state index in [2.05, 4.69) is 5.32 Å². The minimum absolute atomic E-state index is 0.0118. The molecule has 0 aliphatic carbocycles. The van der Waals surface area contributed by atoms with E-state index in [9.17, 15) is 4.79 Å². The Morgan fingerprint density at radius 2 is 2.18 bits per heavy atom. The zero-order valence-electron chi connectivity index (χ0n) is 10.2. The number of nitrogens with zero attached hydrogens (tertiary/aromatic N) is 1. The van der Waals surface area contributed by atoms with Crippen molar-refractivity contribution in [3.8, 4) is 0 Å². The summed E-state index contributed by atoms with van der Waals surface area (Å²) >= 11 is 6.11. The normalized spacial score (nSPS) is 10.1. The highest BCUT2D eigenvalue weighted by Crippen LogP contribution is 2.27. The summed E-state index contributed by atoms with van der Waals surface area (Å²) in [6, 6.07) is 5.30. The molecule has 5 heteroatoms. The van der Waals surface area contributed by atoms with Gasteiger partial charge in [-0.2, -0.15) is 0 Å². The smallest absolute Gasteiger partial charge is 0.239 e. The zero-order chi connectivity index (χ0) is 12.8. The van der Waals surface area contributed by atoms with Gasteiger partial charge >= 0.3 is 0 Å². The number of nitrogen functional groups attached to an aromatic ring is 1. The Kier molecular flexibility index (Phi) is 5.10. The molecule has 1 rings (SSSR count). The van der Waals surface area contributed by atoms with Gasteiger partial charge in [0.05, 0.1) is 17.3 Å². The van der Waals surface area contributed by atoms with E-state index in [4.69, 9.17) is 17.3 Å². The molecular formula is C12H18ClN3O. The molecule has 4 nitrogen and oxygen atoms in total. The molecule has 0 atom stereocenters. The van der Waals surface area contributed by atoms with Crippen LogP contribution in [0.5, 0.6) is 0 Å². The van der Waals surface area contributed by atoms with E-state index in [0.717, 1.165) is 5.69 Å². The Labute approximate surface area is 107 Å². The monoisotopic (exact) mass is 255 g/mol. The lowest BCUT2D eigenvalue weighted by molar-refractivity contribution is -0.119. The lowest BCUT2D eigenvalue weighted by atomic mass is 10.2. The highest BCUT2D eigenvalue weighted by Gasteiger charge is 2.12. The number of anilines is 2. The van der Waals surface area contributed by atoms with Gasteiger partial charge in [-0.15, -0.1) is 0 Å². The van der Waals surface area contributed by atoms with Gasteiger partial charge in [0.15, 0.2) is 0 Å². The van der Waals surface area contributed by atoms with Gasteiger partial charge in [-0.3, -0.25) is 4.79 Å². The fourth-order valence-electron chi connectivity index (χ4n) is 1.57. The average Bonchev–Trinajstić information content (AvgIpc) is 2.27. The van der Waals surface area contributed by atoms with Crippen LogP contribution in [0.25, 0.3) is 0 Å². The minimum Gasteiger partial charge on any atom is -0.399 e. The van der Waals surface area contributed by atoms with Crippen LogP contribution in [0.15, 0.2) is 18.2 Å². The number of hydrogen-bond donors (Lipinski definition) is 2. The molecule has 1 aromatic rings. The molecule has 0 aliphatic rings.